The van der Waals surface area contributed by atoms with Gasteiger partial charge in [0.25, 0.3) is 0 Å². The maximum atomic E-state index is 9.62. The Balaban J connectivity index is 2.00. The number of aliphatic hydroxyl groups is 1. The normalized spacial score (nSPS) is 21.5. The van der Waals surface area contributed by atoms with Crippen molar-refractivity contribution < 1.29 is 9.84 Å². The number of nitrogens with zero attached hydrogens (tertiary/aromatic N) is 1. The highest BCUT2D eigenvalue weighted by molar-refractivity contribution is 9.10. The maximum Gasteiger partial charge on any atom is 0.133 e. The van der Waals surface area contributed by atoms with Gasteiger partial charge in [-0.25, -0.2) is 0 Å². The zero-order valence-electron chi connectivity index (χ0n) is 10.0. The molecule has 0 amide bonds. The van der Waals surface area contributed by atoms with E-state index in [1.807, 2.05) is 6.07 Å². The third-order valence-corrected chi connectivity index (χ3v) is 3.72. The van der Waals surface area contributed by atoms with E-state index in [2.05, 4.69) is 33.0 Å². The number of aliphatic hydroxyl groups excluding tert-OH is 1. The van der Waals surface area contributed by atoms with E-state index in [9.17, 15) is 5.11 Å². The largest absolute Gasteiger partial charge is 0.496 e. The lowest BCUT2D eigenvalue weighted by Crippen LogP contribution is -2.37. The smallest absolute Gasteiger partial charge is 0.133 e. The van der Waals surface area contributed by atoms with E-state index in [1.165, 1.54) is 5.56 Å². The van der Waals surface area contributed by atoms with Gasteiger partial charge < -0.3 is 9.84 Å². The number of likely N-dealkylation sites (tertiary alicyclic amines) is 1. The number of hydrogen-bond donors (Lipinski definition) is 1. The molecule has 94 valence electrons. The van der Waals surface area contributed by atoms with E-state index in [-0.39, 0.29) is 6.10 Å². The molecule has 0 bridgehead atoms. The van der Waals surface area contributed by atoms with E-state index < -0.39 is 0 Å². The van der Waals surface area contributed by atoms with Crippen LogP contribution in [0.15, 0.2) is 22.7 Å². The average Bonchev–Trinajstić information content (AvgIpc) is 2.29. The van der Waals surface area contributed by atoms with Gasteiger partial charge in [0.05, 0.1) is 17.7 Å². The Hall–Kier alpha value is -0.580. The first-order chi connectivity index (χ1) is 8.19. The fourth-order valence-electron chi connectivity index (χ4n) is 2.24. The molecular formula is C13H18BrNO2. The van der Waals surface area contributed by atoms with Crippen molar-refractivity contribution in [2.24, 2.45) is 0 Å². The number of β-amino-alcohol motifs (C(OH)–C–C–N with tert-alkyl or cyclic N) is 1. The molecule has 1 aliphatic heterocycles. The molecule has 1 aromatic carbocycles. The van der Waals surface area contributed by atoms with Gasteiger partial charge >= 0.3 is 0 Å². The predicted molar refractivity (Wildman–Crippen MR) is 71.2 cm³/mol. The summed E-state index contributed by atoms with van der Waals surface area (Å²) in [6.07, 6.45) is 1.85. The summed E-state index contributed by atoms with van der Waals surface area (Å²) in [5, 5.41) is 9.62. The van der Waals surface area contributed by atoms with Gasteiger partial charge in [-0.2, -0.15) is 0 Å². The maximum absolute atomic E-state index is 9.62. The molecule has 17 heavy (non-hydrogen) atoms. The summed E-state index contributed by atoms with van der Waals surface area (Å²) in [6.45, 7) is 2.74. The first kappa shape index (κ1) is 12.9. The Morgan fingerprint density at radius 3 is 3.00 bits per heavy atom. The van der Waals surface area contributed by atoms with Crippen LogP contribution in [0.2, 0.25) is 0 Å². The number of hydrogen-bond acceptors (Lipinski definition) is 3. The summed E-state index contributed by atoms with van der Waals surface area (Å²) in [5.41, 5.74) is 1.24. The Morgan fingerprint density at radius 1 is 1.53 bits per heavy atom. The number of benzene rings is 1. The van der Waals surface area contributed by atoms with Gasteiger partial charge in [-0.1, -0.05) is 6.07 Å². The van der Waals surface area contributed by atoms with Crippen molar-refractivity contribution in [2.75, 3.05) is 20.2 Å². The van der Waals surface area contributed by atoms with Gasteiger partial charge in [0.1, 0.15) is 5.75 Å². The van der Waals surface area contributed by atoms with Crippen molar-refractivity contribution in [1.82, 2.24) is 4.90 Å². The highest BCUT2D eigenvalue weighted by Crippen LogP contribution is 2.26. The number of ether oxygens (including phenoxy) is 1. The predicted octanol–water partition coefficient (Wildman–Crippen LogP) is 2.41. The lowest BCUT2D eigenvalue weighted by Gasteiger charge is -2.30. The molecule has 2 rings (SSSR count). The summed E-state index contributed by atoms with van der Waals surface area (Å²) in [7, 11) is 1.67. The SMILES string of the molecule is COc1ccc(CN2CCCC(O)C2)cc1Br. The average molecular weight is 300 g/mol. The van der Waals surface area contributed by atoms with Gasteiger partial charge in [-0.3, -0.25) is 4.90 Å². The Morgan fingerprint density at radius 2 is 2.35 bits per heavy atom. The van der Waals surface area contributed by atoms with Gasteiger partial charge in [-0.15, -0.1) is 0 Å². The molecule has 1 N–H and O–H groups in total. The topological polar surface area (TPSA) is 32.7 Å². The van der Waals surface area contributed by atoms with Crippen molar-refractivity contribution in [3.05, 3.63) is 28.2 Å². The second kappa shape index (κ2) is 5.85. The van der Waals surface area contributed by atoms with Crippen LogP contribution in [-0.4, -0.2) is 36.3 Å². The van der Waals surface area contributed by atoms with Crippen molar-refractivity contribution in [1.29, 1.82) is 0 Å². The third kappa shape index (κ3) is 3.44. The zero-order valence-corrected chi connectivity index (χ0v) is 11.6. The van der Waals surface area contributed by atoms with E-state index in [0.717, 1.165) is 42.7 Å². The number of methoxy groups -OCH3 is 1. The van der Waals surface area contributed by atoms with Crippen LogP contribution in [0.4, 0.5) is 0 Å². The monoisotopic (exact) mass is 299 g/mol. The van der Waals surface area contributed by atoms with Crippen molar-refractivity contribution >= 4 is 15.9 Å². The van der Waals surface area contributed by atoms with Gasteiger partial charge in [0.2, 0.25) is 0 Å². The summed E-state index contributed by atoms with van der Waals surface area (Å²) in [5.74, 6) is 0.854. The van der Waals surface area contributed by atoms with E-state index in [4.69, 9.17) is 4.74 Å². The standard InChI is InChI=1S/C13H18BrNO2/c1-17-13-5-4-10(7-12(13)14)8-15-6-2-3-11(16)9-15/h4-5,7,11,16H,2-3,6,8-9H2,1H3. The second-order valence-electron chi connectivity index (χ2n) is 4.50. The third-order valence-electron chi connectivity index (χ3n) is 3.10. The highest BCUT2D eigenvalue weighted by atomic mass is 79.9. The first-order valence-corrected chi connectivity index (χ1v) is 6.71. The van der Waals surface area contributed by atoms with Crippen LogP contribution < -0.4 is 4.74 Å². The molecule has 0 aromatic heterocycles. The lowest BCUT2D eigenvalue weighted by atomic mass is 10.1. The van der Waals surface area contributed by atoms with Crippen LogP contribution in [0.1, 0.15) is 18.4 Å². The van der Waals surface area contributed by atoms with Crippen molar-refractivity contribution in [3.63, 3.8) is 0 Å². The zero-order chi connectivity index (χ0) is 12.3. The molecule has 0 saturated carbocycles. The number of halogens is 1. The fraction of sp³-hybridized carbons (Fsp3) is 0.538. The minimum absolute atomic E-state index is 0.162. The Kier molecular flexibility index (Phi) is 4.42. The van der Waals surface area contributed by atoms with Crippen LogP contribution >= 0.6 is 15.9 Å². The lowest BCUT2D eigenvalue weighted by molar-refractivity contribution is 0.0668. The summed E-state index contributed by atoms with van der Waals surface area (Å²) < 4.78 is 6.19. The van der Waals surface area contributed by atoms with Crippen molar-refractivity contribution in [2.45, 2.75) is 25.5 Å². The molecule has 1 heterocycles. The molecule has 1 aliphatic rings. The highest BCUT2D eigenvalue weighted by Gasteiger charge is 2.17. The summed E-state index contributed by atoms with van der Waals surface area (Å²) >= 11 is 3.49. The molecule has 3 nitrogen and oxygen atoms in total. The molecular weight excluding hydrogens is 282 g/mol. The van der Waals surface area contributed by atoms with Crippen LogP contribution in [0.25, 0.3) is 0 Å². The minimum Gasteiger partial charge on any atom is -0.496 e. The Labute approximate surface area is 111 Å². The van der Waals surface area contributed by atoms with Crippen LogP contribution in [0.5, 0.6) is 5.75 Å². The Bertz CT molecular complexity index is 384. The quantitative estimate of drug-likeness (QED) is 0.930. The van der Waals surface area contributed by atoms with Crippen LogP contribution in [-0.2, 0) is 6.54 Å². The number of piperidine rings is 1. The van der Waals surface area contributed by atoms with E-state index in [0.29, 0.717) is 0 Å². The molecule has 1 saturated heterocycles. The number of rotatable bonds is 3. The summed E-state index contributed by atoms with van der Waals surface area (Å²) in [4.78, 5) is 2.29. The van der Waals surface area contributed by atoms with Crippen molar-refractivity contribution in [3.8, 4) is 5.75 Å². The molecule has 0 radical (unpaired) electrons. The second-order valence-corrected chi connectivity index (χ2v) is 5.35. The first-order valence-electron chi connectivity index (χ1n) is 5.92. The summed E-state index contributed by atoms with van der Waals surface area (Å²) in [6, 6.07) is 6.13. The molecule has 1 unspecified atom stereocenters. The fourth-order valence-corrected chi connectivity index (χ4v) is 2.83. The molecule has 0 spiro atoms. The molecule has 1 fully saturated rings. The molecule has 1 aromatic rings. The van der Waals surface area contributed by atoms with E-state index >= 15 is 0 Å². The molecule has 0 aliphatic carbocycles. The van der Waals surface area contributed by atoms with Gasteiger partial charge in [0.15, 0.2) is 0 Å². The van der Waals surface area contributed by atoms with Gasteiger partial charge in [0, 0.05) is 13.1 Å². The van der Waals surface area contributed by atoms with E-state index in [1.54, 1.807) is 7.11 Å². The minimum atomic E-state index is -0.162. The van der Waals surface area contributed by atoms with Crippen LogP contribution in [0, 0.1) is 0 Å². The van der Waals surface area contributed by atoms with Gasteiger partial charge in [-0.05, 0) is 53.0 Å². The van der Waals surface area contributed by atoms with Crippen LogP contribution in [0.3, 0.4) is 0 Å². The molecule has 4 heteroatoms. The molecule has 1 atom stereocenters.